The molecule has 0 radical (unpaired) electrons. The van der Waals surface area contributed by atoms with Gasteiger partial charge in [-0.3, -0.25) is 4.79 Å². The number of likely N-dealkylation sites (N-methyl/N-ethyl adjacent to an activating group) is 1. The number of ether oxygens (including phenoxy) is 1. The Morgan fingerprint density at radius 1 is 1.56 bits per heavy atom. The molecule has 0 aromatic carbocycles. The van der Waals surface area contributed by atoms with Crippen molar-refractivity contribution in [2.75, 3.05) is 38.2 Å². The van der Waals surface area contributed by atoms with Crippen LogP contribution in [-0.2, 0) is 19.4 Å². The van der Waals surface area contributed by atoms with E-state index < -0.39 is 15.9 Å². The van der Waals surface area contributed by atoms with Crippen LogP contribution in [0.5, 0.6) is 0 Å². The number of hydrogen-bond acceptors (Lipinski definition) is 5. The van der Waals surface area contributed by atoms with Crippen LogP contribution in [0.15, 0.2) is 0 Å². The SMILES string of the molecule is CCS(=O)(=O)CC(C)N(C)C(=O)C1CNCCO1. The van der Waals surface area contributed by atoms with Gasteiger partial charge >= 0.3 is 0 Å². The summed E-state index contributed by atoms with van der Waals surface area (Å²) >= 11 is 0. The van der Waals surface area contributed by atoms with Crippen molar-refractivity contribution in [3.8, 4) is 0 Å². The lowest BCUT2D eigenvalue weighted by atomic mass is 10.2. The minimum Gasteiger partial charge on any atom is -0.366 e. The first-order valence-electron chi connectivity index (χ1n) is 6.16. The fourth-order valence-corrected chi connectivity index (χ4v) is 2.96. The highest BCUT2D eigenvalue weighted by molar-refractivity contribution is 7.91. The molecule has 0 bridgehead atoms. The van der Waals surface area contributed by atoms with E-state index in [1.165, 1.54) is 4.90 Å². The highest BCUT2D eigenvalue weighted by Gasteiger charge is 2.28. The molecule has 1 amide bonds. The zero-order valence-electron chi connectivity index (χ0n) is 11.2. The number of carbonyl (C=O) groups excluding carboxylic acids is 1. The lowest BCUT2D eigenvalue weighted by Crippen LogP contribution is -2.51. The van der Waals surface area contributed by atoms with E-state index in [2.05, 4.69) is 5.32 Å². The van der Waals surface area contributed by atoms with Crippen molar-refractivity contribution in [3.63, 3.8) is 0 Å². The molecular formula is C11H22N2O4S. The maximum absolute atomic E-state index is 12.1. The van der Waals surface area contributed by atoms with Gasteiger partial charge in [0.2, 0.25) is 0 Å². The zero-order chi connectivity index (χ0) is 13.8. The van der Waals surface area contributed by atoms with Crippen molar-refractivity contribution in [2.24, 2.45) is 0 Å². The van der Waals surface area contributed by atoms with Crippen LogP contribution in [0.4, 0.5) is 0 Å². The molecule has 1 N–H and O–H groups in total. The van der Waals surface area contributed by atoms with Crippen LogP contribution in [0.1, 0.15) is 13.8 Å². The summed E-state index contributed by atoms with van der Waals surface area (Å²) in [6.07, 6.45) is -0.504. The molecule has 18 heavy (non-hydrogen) atoms. The number of carbonyl (C=O) groups is 1. The molecule has 0 saturated carbocycles. The molecule has 1 aliphatic rings. The van der Waals surface area contributed by atoms with Gasteiger partial charge in [-0.2, -0.15) is 0 Å². The van der Waals surface area contributed by atoms with E-state index in [4.69, 9.17) is 4.74 Å². The van der Waals surface area contributed by atoms with Gasteiger partial charge in [-0.25, -0.2) is 8.42 Å². The Bertz CT molecular complexity index is 377. The zero-order valence-corrected chi connectivity index (χ0v) is 12.0. The second kappa shape index (κ2) is 6.49. The third kappa shape index (κ3) is 4.22. The number of nitrogens with one attached hydrogen (secondary N) is 1. The summed E-state index contributed by atoms with van der Waals surface area (Å²) < 4.78 is 28.4. The molecule has 1 fully saturated rings. The highest BCUT2D eigenvalue weighted by atomic mass is 32.2. The third-order valence-electron chi connectivity index (χ3n) is 3.15. The Morgan fingerprint density at radius 3 is 2.72 bits per heavy atom. The van der Waals surface area contributed by atoms with Gasteiger partial charge in [-0.15, -0.1) is 0 Å². The van der Waals surface area contributed by atoms with Crippen molar-refractivity contribution in [3.05, 3.63) is 0 Å². The highest BCUT2D eigenvalue weighted by Crippen LogP contribution is 2.07. The lowest BCUT2D eigenvalue weighted by Gasteiger charge is -2.30. The normalized spacial score (nSPS) is 22.5. The van der Waals surface area contributed by atoms with Gasteiger partial charge in [0, 0.05) is 31.9 Å². The second-order valence-electron chi connectivity index (χ2n) is 4.56. The van der Waals surface area contributed by atoms with E-state index in [1.807, 2.05) is 0 Å². The second-order valence-corrected chi connectivity index (χ2v) is 6.96. The lowest BCUT2D eigenvalue weighted by molar-refractivity contribution is -0.145. The van der Waals surface area contributed by atoms with Crippen molar-refractivity contribution in [1.82, 2.24) is 10.2 Å². The average Bonchev–Trinajstić information content (AvgIpc) is 2.37. The largest absolute Gasteiger partial charge is 0.366 e. The number of nitrogens with zero attached hydrogens (tertiary/aromatic N) is 1. The molecule has 7 heteroatoms. The number of sulfone groups is 1. The first-order valence-corrected chi connectivity index (χ1v) is 7.99. The van der Waals surface area contributed by atoms with E-state index in [0.29, 0.717) is 13.2 Å². The van der Waals surface area contributed by atoms with Crippen molar-refractivity contribution >= 4 is 15.7 Å². The van der Waals surface area contributed by atoms with Crippen molar-refractivity contribution in [2.45, 2.75) is 26.0 Å². The molecule has 2 atom stereocenters. The maximum atomic E-state index is 12.1. The van der Waals surface area contributed by atoms with Crippen LogP contribution in [0.25, 0.3) is 0 Å². The minimum atomic E-state index is -3.08. The Morgan fingerprint density at radius 2 is 2.22 bits per heavy atom. The molecular weight excluding hydrogens is 256 g/mol. The number of amides is 1. The van der Waals surface area contributed by atoms with Crippen LogP contribution < -0.4 is 5.32 Å². The molecule has 2 unspecified atom stereocenters. The molecule has 1 heterocycles. The van der Waals surface area contributed by atoms with Crippen molar-refractivity contribution < 1.29 is 17.9 Å². The molecule has 1 rings (SSSR count). The molecule has 106 valence electrons. The summed E-state index contributed by atoms with van der Waals surface area (Å²) in [5, 5.41) is 3.08. The monoisotopic (exact) mass is 278 g/mol. The first-order chi connectivity index (χ1) is 8.37. The van der Waals surface area contributed by atoms with Crippen molar-refractivity contribution in [1.29, 1.82) is 0 Å². The molecule has 0 aromatic rings. The molecule has 0 spiro atoms. The third-order valence-corrected chi connectivity index (χ3v) is 5.02. The predicted molar refractivity (Wildman–Crippen MR) is 69.2 cm³/mol. The molecule has 1 saturated heterocycles. The summed E-state index contributed by atoms with van der Waals surface area (Å²) in [7, 11) is -1.46. The molecule has 6 nitrogen and oxygen atoms in total. The van der Waals surface area contributed by atoms with E-state index >= 15 is 0 Å². The fourth-order valence-electron chi connectivity index (χ4n) is 1.77. The van der Waals surface area contributed by atoms with Gasteiger partial charge in [-0.05, 0) is 6.92 Å². The number of hydrogen-bond donors (Lipinski definition) is 1. The molecule has 0 aliphatic carbocycles. The van der Waals surface area contributed by atoms with E-state index in [1.54, 1.807) is 20.9 Å². The van der Waals surface area contributed by atoms with Gasteiger partial charge in [0.15, 0.2) is 9.84 Å². The fraction of sp³-hybridized carbons (Fsp3) is 0.909. The Hall–Kier alpha value is -0.660. The van der Waals surface area contributed by atoms with Crippen LogP contribution in [0.2, 0.25) is 0 Å². The van der Waals surface area contributed by atoms with Crippen LogP contribution in [0.3, 0.4) is 0 Å². The number of rotatable bonds is 5. The Kier molecular flexibility index (Phi) is 5.55. The predicted octanol–water partition coefficient (Wildman–Crippen LogP) is -0.744. The quantitative estimate of drug-likeness (QED) is 0.716. The molecule has 0 aromatic heterocycles. The smallest absolute Gasteiger partial charge is 0.253 e. The van der Waals surface area contributed by atoms with Crippen LogP contribution in [-0.4, -0.2) is 69.6 Å². The topological polar surface area (TPSA) is 75.7 Å². The van der Waals surface area contributed by atoms with E-state index in [0.717, 1.165) is 6.54 Å². The standard InChI is InChI=1S/C11H22N2O4S/c1-4-18(15,16)8-9(2)13(3)11(14)10-7-12-5-6-17-10/h9-10,12H,4-8H2,1-3H3. The van der Waals surface area contributed by atoms with Gasteiger partial charge in [0.25, 0.3) is 5.91 Å². The van der Waals surface area contributed by atoms with Gasteiger partial charge in [-0.1, -0.05) is 6.92 Å². The number of morpholine rings is 1. The van der Waals surface area contributed by atoms with E-state index in [-0.39, 0.29) is 23.5 Å². The summed E-state index contributed by atoms with van der Waals surface area (Å²) in [5.74, 6) is -0.0757. The summed E-state index contributed by atoms with van der Waals surface area (Å²) in [6.45, 7) is 5.08. The first kappa shape index (κ1) is 15.4. The van der Waals surface area contributed by atoms with E-state index in [9.17, 15) is 13.2 Å². The minimum absolute atomic E-state index is 0.00805. The van der Waals surface area contributed by atoms with Gasteiger partial charge < -0.3 is 15.0 Å². The molecule has 1 aliphatic heterocycles. The van der Waals surface area contributed by atoms with Gasteiger partial charge in [0.05, 0.1) is 12.4 Å². The van der Waals surface area contributed by atoms with Crippen LogP contribution in [0, 0.1) is 0 Å². The summed E-state index contributed by atoms with van der Waals surface area (Å²) in [4.78, 5) is 13.5. The Labute approximate surface area is 109 Å². The summed E-state index contributed by atoms with van der Waals surface area (Å²) in [5.41, 5.74) is 0. The van der Waals surface area contributed by atoms with Gasteiger partial charge in [0.1, 0.15) is 6.10 Å². The average molecular weight is 278 g/mol. The summed E-state index contributed by atoms with van der Waals surface area (Å²) in [6, 6.07) is -0.340. The van der Waals surface area contributed by atoms with Crippen LogP contribution >= 0.6 is 0 Å². The Balaban J connectivity index is 2.57. The maximum Gasteiger partial charge on any atom is 0.253 e.